The van der Waals surface area contributed by atoms with Crippen molar-refractivity contribution in [2.45, 2.75) is 31.2 Å². The van der Waals surface area contributed by atoms with E-state index in [1.807, 2.05) is 12.1 Å². The number of nitrogens with two attached hydrogens (primary N) is 1. The third-order valence-corrected chi connectivity index (χ3v) is 5.46. The molecule has 0 spiro atoms. The van der Waals surface area contributed by atoms with Gasteiger partial charge < -0.3 is 20.7 Å². The van der Waals surface area contributed by atoms with Crippen molar-refractivity contribution >= 4 is 5.82 Å². The van der Waals surface area contributed by atoms with Gasteiger partial charge in [0.1, 0.15) is 5.75 Å². The van der Waals surface area contributed by atoms with E-state index in [2.05, 4.69) is 21.2 Å². The lowest BCUT2D eigenvalue weighted by Gasteiger charge is -2.19. The molecule has 3 heterocycles. The molecule has 4 rings (SSSR count). The van der Waals surface area contributed by atoms with Crippen molar-refractivity contribution in [1.29, 1.82) is 0 Å². The number of benzene rings is 1. The van der Waals surface area contributed by atoms with Crippen LogP contribution in [0.2, 0.25) is 0 Å². The number of rotatable bonds is 3. The molecular weight excluding hydrogens is 344 g/mol. The Morgan fingerprint density at radius 2 is 2.00 bits per heavy atom. The van der Waals surface area contributed by atoms with Gasteiger partial charge in [-0.1, -0.05) is 12.5 Å². The summed E-state index contributed by atoms with van der Waals surface area (Å²) in [5.41, 5.74) is 14.1. The summed E-state index contributed by atoms with van der Waals surface area (Å²) in [5.74, 6) is 0.415. The summed E-state index contributed by atoms with van der Waals surface area (Å²) >= 11 is 0. The van der Waals surface area contributed by atoms with Crippen molar-refractivity contribution in [2.24, 2.45) is 0 Å². The summed E-state index contributed by atoms with van der Waals surface area (Å²) in [6.07, 6.45) is 4.82. The number of hydrazine groups is 1. The second kappa shape index (κ2) is 7.67. The van der Waals surface area contributed by atoms with Crippen LogP contribution in [0.5, 0.6) is 5.75 Å². The summed E-state index contributed by atoms with van der Waals surface area (Å²) in [7, 11) is 0. The first-order valence-electron chi connectivity index (χ1n) is 9.52. The summed E-state index contributed by atoms with van der Waals surface area (Å²) in [6, 6.07) is 5.59. The molecule has 1 aromatic heterocycles. The fourth-order valence-corrected chi connectivity index (χ4v) is 3.88. The second-order valence-electron chi connectivity index (χ2n) is 7.31. The highest BCUT2D eigenvalue weighted by atomic mass is 16.3. The van der Waals surface area contributed by atoms with E-state index in [1.165, 1.54) is 0 Å². The van der Waals surface area contributed by atoms with Gasteiger partial charge in [0.2, 0.25) is 0 Å². The first-order chi connectivity index (χ1) is 13.1. The van der Waals surface area contributed by atoms with Gasteiger partial charge in [0, 0.05) is 43.4 Å². The van der Waals surface area contributed by atoms with Gasteiger partial charge in [0.05, 0.1) is 5.69 Å². The smallest absolute Gasteiger partial charge is 0.293 e. The molecule has 1 aromatic carbocycles. The molecule has 2 aliphatic rings. The van der Waals surface area contributed by atoms with E-state index in [9.17, 15) is 9.90 Å². The molecule has 0 amide bonds. The van der Waals surface area contributed by atoms with E-state index in [0.29, 0.717) is 17.2 Å². The van der Waals surface area contributed by atoms with Crippen LogP contribution in [-0.2, 0) is 0 Å². The quantitative estimate of drug-likeness (QED) is 0.540. The first-order valence-corrected chi connectivity index (χ1v) is 9.52. The molecular formula is C19H26N6O2. The Bertz CT molecular complexity index is 867. The van der Waals surface area contributed by atoms with E-state index < -0.39 is 0 Å². The number of phenols is 1. The Morgan fingerprint density at radius 1 is 1.19 bits per heavy atom. The van der Waals surface area contributed by atoms with E-state index >= 15 is 0 Å². The summed E-state index contributed by atoms with van der Waals surface area (Å²) in [4.78, 5) is 16.9. The summed E-state index contributed by atoms with van der Waals surface area (Å²) in [5, 5.41) is 13.8. The Balaban J connectivity index is 1.75. The molecule has 1 unspecified atom stereocenters. The van der Waals surface area contributed by atoms with Crippen LogP contribution in [0.3, 0.4) is 0 Å². The van der Waals surface area contributed by atoms with Crippen molar-refractivity contribution in [3.63, 3.8) is 0 Å². The molecule has 0 aliphatic carbocycles. The molecule has 0 bridgehead atoms. The molecule has 6 N–H and O–H groups in total. The third kappa shape index (κ3) is 3.69. The first kappa shape index (κ1) is 18.0. The van der Waals surface area contributed by atoms with Gasteiger partial charge in [-0.3, -0.25) is 15.6 Å². The molecule has 0 radical (unpaired) electrons. The van der Waals surface area contributed by atoms with Crippen LogP contribution in [0.1, 0.15) is 36.8 Å². The highest BCUT2D eigenvalue weighted by molar-refractivity contribution is 5.68. The van der Waals surface area contributed by atoms with Crippen LogP contribution in [0.4, 0.5) is 5.82 Å². The average Bonchev–Trinajstić information content (AvgIpc) is 3.07. The van der Waals surface area contributed by atoms with Gasteiger partial charge in [-0.25, -0.2) is 4.98 Å². The van der Waals surface area contributed by atoms with Crippen LogP contribution in [0, 0.1) is 0 Å². The minimum atomic E-state index is -0.271. The number of hydrogen-bond acceptors (Lipinski definition) is 7. The van der Waals surface area contributed by atoms with E-state index in [1.54, 1.807) is 16.8 Å². The molecule has 2 aliphatic heterocycles. The van der Waals surface area contributed by atoms with Gasteiger partial charge in [-0.05, 0) is 37.1 Å². The topological polar surface area (TPSA) is 117 Å². The van der Waals surface area contributed by atoms with Crippen LogP contribution in [0.25, 0.3) is 11.3 Å². The van der Waals surface area contributed by atoms with Crippen LogP contribution in [0.15, 0.2) is 29.2 Å². The number of nitrogens with one attached hydrogen (secondary N) is 3. The Kier molecular flexibility index (Phi) is 5.11. The van der Waals surface area contributed by atoms with Crippen molar-refractivity contribution in [2.75, 3.05) is 31.9 Å². The predicted molar refractivity (Wildman–Crippen MR) is 105 cm³/mol. The number of aromatic hydroxyl groups is 1. The normalized spacial score (nSPS) is 21.3. The second-order valence-corrected chi connectivity index (χ2v) is 7.31. The van der Waals surface area contributed by atoms with Gasteiger partial charge in [0.15, 0.2) is 5.82 Å². The number of phenolic OH excluding ortho intramolecular Hbond substituents is 1. The van der Waals surface area contributed by atoms with Crippen LogP contribution >= 0.6 is 0 Å². The zero-order valence-corrected chi connectivity index (χ0v) is 15.2. The molecule has 2 fully saturated rings. The molecule has 0 saturated carbocycles. The number of aromatic nitrogens is 2. The summed E-state index contributed by atoms with van der Waals surface area (Å²) in [6.45, 7) is 3.35. The Hall–Kier alpha value is -2.42. The van der Waals surface area contributed by atoms with Crippen LogP contribution in [-0.4, -0.2) is 40.8 Å². The zero-order valence-electron chi connectivity index (χ0n) is 15.2. The monoisotopic (exact) mass is 370 g/mol. The maximum absolute atomic E-state index is 12.6. The molecule has 27 heavy (non-hydrogen) atoms. The largest absolute Gasteiger partial charge is 0.507 e. The van der Waals surface area contributed by atoms with Crippen LogP contribution < -0.4 is 27.5 Å². The number of hydrogen-bond donors (Lipinski definition) is 5. The average molecular weight is 370 g/mol. The molecule has 2 saturated heterocycles. The van der Waals surface area contributed by atoms with Gasteiger partial charge in [0.25, 0.3) is 5.56 Å². The standard InChI is InChI=1S/C19H26N6O2/c20-18-19(27)25(14-3-1-2-6-21-10-14)11-16(24-18)15-7-12(4-5-17(15)26)13-8-22-23-9-13/h4-5,7,11,13-14,21-23,26H,1-3,6,8-10H2,(H2,20,24). The third-order valence-electron chi connectivity index (χ3n) is 5.46. The van der Waals surface area contributed by atoms with E-state index in [-0.39, 0.29) is 23.2 Å². The van der Waals surface area contributed by atoms with Crippen molar-refractivity contribution < 1.29 is 5.11 Å². The molecule has 2 aromatic rings. The van der Waals surface area contributed by atoms with E-state index in [4.69, 9.17) is 5.73 Å². The van der Waals surface area contributed by atoms with Gasteiger partial charge in [-0.15, -0.1) is 0 Å². The lowest BCUT2D eigenvalue weighted by Crippen LogP contribution is -2.32. The lowest BCUT2D eigenvalue weighted by atomic mass is 9.96. The number of anilines is 1. The maximum atomic E-state index is 12.6. The van der Waals surface area contributed by atoms with Gasteiger partial charge >= 0.3 is 0 Å². The molecule has 144 valence electrons. The molecule has 1 atom stereocenters. The highest BCUT2D eigenvalue weighted by Crippen LogP contribution is 2.32. The lowest BCUT2D eigenvalue weighted by molar-refractivity contribution is 0.448. The van der Waals surface area contributed by atoms with Crippen molar-refractivity contribution in [3.8, 4) is 17.0 Å². The minimum absolute atomic E-state index is 0.0363. The predicted octanol–water partition coefficient (Wildman–Crippen LogP) is 0.704. The SMILES string of the molecule is Nc1nc(-c2cc(C3CNNC3)ccc2O)cn(C2CCCCNC2)c1=O. The summed E-state index contributed by atoms with van der Waals surface area (Å²) < 4.78 is 1.68. The molecule has 8 nitrogen and oxygen atoms in total. The molecule has 8 heteroatoms. The maximum Gasteiger partial charge on any atom is 0.293 e. The number of nitrogens with zero attached hydrogens (tertiary/aromatic N) is 2. The zero-order chi connectivity index (χ0) is 18.8. The number of nitrogen functional groups attached to an aromatic ring is 1. The van der Waals surface area contributed by atoms with Gasteiger partial charge in [-0.2, -0.15) is 0 Å². The Morgan fingerprint density at radius 3 is 2.81 bits per heavy atom. The van der Waals surface area contributed by atoms with E-state index in [0.717, 1.165) is 51.0 Å². The highest BCUT2D eigenvalue weighted by Gasteiger charge is 2.21. The fourth-order valence-electron chi connectivity index (χ4n) is 3.88. The Labute approximate surface area is 157 Å². The van der Waals surface area contributed by atoms with Crippen molar-refractivity contribution in [3.05, 3.63) is 40.3 Å². The minimum Gasteiger partial charge on any atom is -0.507 e. The fraction of sp³-hybridized carbons (Fsp3) is 0.474. The van der Waals surface area contributed by atoms with Crippen molar-refractivity contribution in [1.82, 2.24) is 25.7 Å².